The zero-order valence-electron chi connectivity index (χ0n) is 15.3. The number of aromatic nitrogens is 2. The molecule has 0 atom stereocenters. The van der Waals surface area contributed by atoms with Crippen LogP contribution < -0.4 is 0 Å². The summed E-state index contributed by atoms with van der Waals surface area (Å²) in [4.78, 5) is 18.4. The number of carbonyl (C=O) groups is 1. The third-order valence-electron chi connectivity index (χ3n) is 5.28. The largest absolute Gasteiger partial charge is 0.465 e. The Hall–Kier alpha value is -2.14. The van der Waals surface area contributed by atoms with Crippen molar-refractivity contribution in [2.75, 3.05) is 21.2 Å². The molecule has 2 aromatic rings. The fourth-order valence-electron chi connectivity index (χ4n) is 3.71. The number of nitrogens with zero attached hydrogens (tertiary/aromatic N) is 3. The minimum absolute atomic E-state index is 0.312. The van der Waals surface area contributed by atoms with Crippen LogP contribution in [-0.4, -0.2) is 47.7 Å². The molecule has 1 aromatic heterocycles. The molecule has 0 amide bonds. The van der Waals surface area contributed by atoms with Gasteiger partial charge in [0.25, 0.3) is 0 Å². The summed E-state index contributed by atoms with van der Waals surface area (Å²) < 4.78 is 7.00. The summed E-state index contributed by atoms with van der Waals surface area (Å²) in [6, 6.07) is 8.19. The minimum Gasteiger partial charge on any atom is -0.465 e. The molecule has 1 aromatic carbocycles. The quantitative estimate of drug-likeness (QED) is 0.782. The number of hydrogen-bond donors (Lipinski definition) is 0. The van der Waals surface area contributed by atoms with Gasteiger partial charge in [-0.2, -0.15) is 0 Å². The third kappa shape index (κ3) is 4.10. The van der Waals surface area contributed by atoms with Gasteiger partial charge in [-0.3, -0.25) is 0 Å². The molecule has 0 radical (unpaired) electrons. The maximum atomic E-state index is 11.6. The molecular weight excluding hydrogens is 314 g/mol. The molecule has 1 heterocycles. The molecule has 25 heavy (non-hydrogen) atoms. The number of carbonyl (C=O) groups excluding carboxylic acids is 1. The maximum absolute atomic E-state index is 11.6. The lowest BCUT2D eigenvalue weighted by molar-refractivity contribution is 0.0601. The first-order valence-electron chi connectivity index (χ1n) is 8.94. The van der Waals surface area contributed by atoms with E-state index in [1.54, 1.807) is 12.1 Å². The Morgan fingerprint density at radius 2 is 1.88 bits per heavy atom. The van der Waals surface area contributed by atoms with Gasteiger partial charge in [-0.1, -0.05) is 12.1 Å². The normalized spacial score (nSPS) is 20.6. The van der Waals surface area contributed by atoms with Gasteiger partial charge in [-0.05, 0) is 57.8 Å². The number of esters is 1. The van der Waals surface area contributed by atoms with Crippen LogP contribution in [0.25, 0.3) is 11.4 Å². The summed E-state index contributed by atoms with van der Waals surface area (Å²) in [5.41, 5.74) is 1.59. The summed E-state index contributed by atoms with van der Waals surface area (Å²) in [6.45, 7) is 1.01. The number of rotatable bonds is 5. The van der Waals surface area contributed by atoms with E-state index < -0.39 is 0 Å². The standard InChI is InChI=1S/C20H27N3O2/c1-22(2)18-10-4-15(5-11-18)14-23-13-12-21-19(23)16-6-8-17(9-7-16)20(24)25-3/h6-9,12-13,15,18H,4-5,10-11,14H2,1-3H3. The molecule has 0 bridgehead atoms. The van der Waals surface area contributed by atoms with Crippen LogP contribution >= 0.6 is 0 Å². The lowest BCUT2D eigenvalue weighted by Crippen LogP contribution is -2.33. The van der Waals surface area contributed by atoms with Gasteiger partial charge in [0, 0.05) is 30.5 Å². The van der Waals surface area contributed by atoms with Crippen molar-refractivity contribution in [3.63, 3.8) is 0 Å². The predicted molar refractivity (Wildman–Crippen MR) is 98.4 cm³/mol. The van der Waals surface area contributed by atoms with E-state index in [1.165, 1.54) is 32.8 Å². The van der Waals surface area contributed by atoms with E-state index >= 15 is 0 Å². The average Bonchev–Trinajstić information content (AvgIpc) is 3.09. The molecule has 1 fully saturated rings. The highest BCUT2D eigenvalue weighted by atomic mass is 16.5. The second-order valence-corrected chi connectivity index (χ2v) is 7.11. The first-order valence-corrected chi connectivity index (χ1v) is 8.94. The van der Waals surface area contributed by atoms with Gasteiger partial charge in [0.1, 0.15) is 5.82 Å². The van der Waals surface area contributed by atoms with E-state index in [1.807, 2.05) is 18.3 Å². The van der Waals surface area contributed by atoms with Crippen molar-refractivity contribution in [1.82, 2.24) is 14.5 Å². The molecule has 3 rings (SSSR count). The van der Waals surface area contributed by atoms with E-state index in [0.717, 1.165) is 24.0 Å². The van der Waals surface area contributed by atoms with Gasteiger partial charge in [-0.25, -0.2) is 9.78 Å². The Morgan fingerprint density at radius 3 is 2.48 bits per heavy atom. The Labute approximate surface area is 149 Å². The zero-order chi connectivity index (χ0) is 17.8. The van der Waals surface area contributed by atoms with Gasteiger partial charge in [0.2, 0.25) is 0 Å². The Balaban J connectivity index is 1.68. The van der Waals surface area contributed by atoms with E-state index in [4.69, 9.17) is 4.74 Å². The number of imidazole rings is 1. The number of hydrogen-bond acceptors (Lipinski definition) is 4. The molecule has 5 nitrogen and oxygen atoms in total. The first-order chi connectivity index (χ1) is 12.1. The zero-order valence-corrected chi connectivity index (χ0v) is 15.3. The molecule has 1 aliphatic rings. The van der Waals surface area contributed by atoms with Crippen molar-refractivity contribution >= 4 is 5.97 Å². The fourth-order valence-corrected chi connectivity index (χ4v) is 3.71. The van der Waals surface area contributed by atoms with E-state index in [0.29, 0.717) is 11.5 Å². The minimum atomic E-state index is -0.312. The van der Waals surface area contributed by atoms with Crippen molar-refractivity contribution in [3.8, 4) is 11.4 Å². The van der Waals surface area contributed by atoms with Crippen LogP contribution in [0, 0.1) is 5.92 Å². The number of ether oxygens (including phenoxy) is 1. The summed E-state index contributed by atoms with van der Waals surface area (Å²) in [6.07, 6.45) is 8.99. The molecule has 0 aliphatic heterocycles. The summed E-state index contributed by atoms with van der Waals surface area (Å²) >= 11 is 0. The van der Waals surface area contributed by atoms with Crippen LogP contribution in [0.1, 0.15) is 36.0 Å². The van der Waals surface area contributed by atoms with Gasteiger partial charge in [0.05, 0.1) is 12.7 Å². The van der Waals surface area contributed by atoms with E-state index in [2.05, 4.69) is 34.7 Å². The highest BCUT2D eigenvalue weighted by Crippen LogP contribution is 2.29. The van der Waals surface area contributed by atoms with Crippen LogP contribution in [0.4, 0.5) is 0 Å². The van der Waals surface area contributed by atoms with Gasteiger partial charge < -0.3 is 14.2 Å². The van der Waals surface area contributed by atoms with Gasteiger partial charge in [-0.15, -0.1) is 0 Å². The monoisotopic (exact) mass is 341 g/mol. The van der Waals surface area contributed by atoms with Crippen LogP contribution in [0.15, 0.2) is 36.7 Å². The van der Waals surface area contributed by atoms with Crippen molar-refractivity contribution in [3.05, 3.63) is 42.2 Å². The molecule has 0 unspecified atom stereocenters. The number of methoxy groups -OCH3 is 1. The summed E-state index contributed by atoms with van der Waals surface area (Å²) in [7, 11) is 5.75. The predicted octanol–water partition coefficient (Wildman–Crippen LogP) is 3.46. The third-order valence-corrected chi connectivity index (χ3v) is 5.28. The lowest BCUT2D eigenvalue weighted by atomic mass is 9.85. The maximum Gasteiger partial charge on any atom is 0.337 e. The molecular formula is C20H27N3O2. The van der Waals surface area contributed by atoms with Crippen molar-refractivity contribution < 1.29 is 9.53 Å². The van der Waals surface area contributed by atoms with E-state index in [9.17, 15) is 4.79 Å². The van der Waals surface area contributed by atoms with Crippen LogP contribution in [0.3, 0.4) is 0 Å². The highest BCUT2D eigenvalue weighted by molar-refractivity contribution is 5.89. The van der Waals surface area contributed by atoms with E-state index in [-0.39, 0.29) is 5.97 Å². The Morgan fingerprint density at radius 1 is 1.20 bits per heavy atom. The molecule has 5 heteroatoms. The van der Waals surface area contributed by atoms with Crippen molar-refractivity contribution in [2.24, 2.45) is 5.92 Å². The fraction of sp³-hybridized carbons (Fsp3) is 0.500. The van der Waals surface area contributed by atoms with Crippen LogP contribution in [0.5, 0.6) is 0 Å². The molecule has 0 N–H and O–H groups in total. The Kier molecular flexibility index (Phi) is 5.53. The smallest absolute Gasteiger partial charge is 0.337 e. The van der Waals surface area contributed by atoms with Gasteiger partial charge >= 0.3 is 5.97 Å². The molecule has 0 spiro atoms. The Bertz CT molecular complexity index is 698. The van der Waals surface area contributed by atoms with Crippen molar-refractivity contribution in [1.29, 1.82) is 0 Å². The topological polar surface area (TPSA) is 47.4 Å². The van der Waals surface area contributed by atoms with Crippen LogP contribution in [0.2, 0.25) is 0 Å². The number of benzene rings is 1. The molecule has 134 valence electrons. The molecule has 1 saturated carbocycles. The summed E-state index contributed by atoms with van der Waals surface area (Å²) in [5, 5.41) is 0. The summed E-state index contributed by atoms with van der Waals surface area (Å²) in [5.74, 6) is 1.36. The SMILES string of the molecule is COC(=O)c1ccc(-c2nccn2CC2CCC(N(C)C)CC2)cc1. The highest BCUT2D eigenvalue weighted by Gasteiger charge is 2.23. The second kappa shape index (κ2) is 7.83. The van der Waals surface area contributed by atoms with Gasteiger partial charge in [0.15, 0.2) is 0 Å². The second-order valence-electron chi connectivity index (χ2n) is 7.11. The first kappa shape index (κ1) is 17.7. The van der Waals surface area contributed by atoms with Crippen LogP contribution in [-0.2, 0) is 11.3 Å². The average molecular weight is 341 g/mol. The van der Waals surface area contributed by atoms with Crippen molar-refractivity contribution in [2.45, 2.75) is 38.3 Å². The molecule has 1 aliphatic carbocycles. The lowest BCUT2D eigenvalue weighted by Gasteiger charge is -2.33. The molecule has 0 saturated heterocycles.